The van der Waals surface area contributed by atoms with Gasteiger partial charge in [-0.1, -0.05) is 42.0 Å². The van der Waals surface area contributed by atoms with Crippen molar-refractivity contribution in [2.75, 3.05) is 10.6 Å². The van der Waals surface area contributed by atoms with E-state index in [0.717, 1.165) is 16.7 Å². The van der Waals surface area contributed by atoms with E-state index in [2.05, 4.69) is 15.7 Å². The summed E-state index contributed by atoms with van der Waals surface area (Å²) in [5.41, 5.74) is 2.66. The van der Waals surface area contributed by atoms with Crippen LogP contribution < -0.4 is 10.6 Å². The molecule has 2 N–H and O–H groups in total. The number of carbonyl (C=O) groups excluding carboxylic acids is 2. The number of nitrogens with one attached hydrogen (secondary N) is 2. The molecule has 1 aliphatic rings. The molecule has 9 heteroatoms. The lowest BCUT2D eigenvalue weighted by atomic mass is 10.1. The minimum atomic E-state index is -0.827. The zero-order chi connectivity index (χ0) is 20.5. The number of benzene rings is 2. The first kappa shape index (κ1) is 18.4. The predicted molar refractivity (Wildman–Crippen MR) is 106 cm³/mol. The Morgan fingerprint density at radius 2 is 1.97 bits per heavy atom. The van der Waals surface area contributed by atoms with E-state index in [1.165, 1.54) is 22.9 Å². The predicted octanol–water partition coefficient (Wildman–Crippen LogP) is 3.29. The molecule has 2 amide bonds. The Morgan fingerprint density at radius 1 is 1.24 bits per heavy atom. The maximum absolute atomic E-state index is 12.5. The molecule has 29 heavy (non-hydrogen) atoms. The van der Waals surface area contributed by atoms with Crippen molar-refractivity contribution in [3.63, 3.8) is 0 Å². The summed E-state index contributed by atoms with van der Waals surface area (Å²) < 4.78 is 1.48. The first-order chi connectivity index (χ1) is 13.9. The number of fused-ring (bicyclic) bond motifs is 1. The van der Waals surface area contributed by atoms with Crippen LogP contribution in [-0.4, -0.2) is 26.5 Å². The molecule has 0 saturated carbocycles. The lowest BCUT2D eigenvalue weighted by molar-refractivity contribution is -0.383. The third-order valence-corrected chi connectivity index (χ3v) is 4.75. The van der Waals surface area contributed by atoms with Crippen LogP contribution in [0.4, 0.5) is 17.2 Å². The van der Waals surface area contributed by atoms with Gasteiger partial charge in [0.05, 0.1) is 17.5 Å². The molecule has 0 fully saturated rings. The van der Waals surface area contributed by atoms with Crippen LogP contribution in [0.5, 0.6) is 0 Å². The number of amides is 2. The van der Waals surface area contributed by atoms with Crippen molar-refractivity contribution >= 4 is 29.0 Å². The fourth-order valence-corrected chi connectivity index (χ4v) is 3.27. The van der Waals surface area contributed by atoms with Crippen LogP contribution in [0.25, 0.3) is 11.1 Å². The van der Waals surface area contributed by atoms with E-state index in [1.54, 1.807) is 12.3 Å². The molecule has 1 atom stereocenters. The molecule has 0 spiro atoms. The Balaban J connectivity index is 1.54. The number of nitro groups is 1. The minimum Gasteiger partial charge on any atom is -0.320 e. The van der Waals surface area contributed by atoms with Gasteiger partial charge in [-0.05, 0) is 18.6 Å². The van der Waals surface area contributed by atoms with Crippen molar-refractivity contribution in [2.45, 2.75) is 19.4 Å². The zero-order valence-corrected chi connectivity index (χ0v) is 15.5. The molecule has 0 saturated heterocycles. The fraction of sp³-hybridized carbons (Fsp3) is 0.150. The largest absolute Gasteiger partial charge is 0.320 e. The van der Waals surface area contributed by atoms with Crippen LogP contribution in [0.15, 0.2) is 54.7 Å². The maximum atomic E-state index is 12.5. The molecule has 1 aromatic heterocycles. The number of carbonyl (C=O) groups is 2. The molecule has 9 nitrogen and oxygen atoms in total. The van der Waals surface area contributed by atoms with Crippen molar-refractivity contribution in [1.29, 1.82) is 0 Å². The number of aryl methyl sites for hydroxylation is 1. The Morgan fingerprint density at radius 3 is 2.69 bits per heavy atom. The SMILES string of the molecule is Cc1ccc(-c2cnn3c2NC(=O)C3CC(=O)Nc2ccccc2[N+](=O)[O-])cc1. The Labute approximate surface area is 165 Å². The van der Waals surface area contributed by atoms with E-state index in [9.17, 15) is 19.7 Å². The normalized spacial score (nSPS) is 14.9. The van der Waals surface area contributed by atoms with Crippen LogP contribution in [0, 0.1) is 17.0 Å². The van der Waals surface area contributed by atoms with Gasteiger partial charge in [0.2, 0.25) is 5.91 Å². The number of aromatic nitrogens is 2. The van der Waals surface area contributed by atoms with E-state index in [0.29, 0.717) is 5.82 Å². The summed E-state index contributed by atoms with van der Waals surface area (Å²) in [5.74, 6) is -0.332. The van der Waals surface area contributed by atoms with Gasteiger partial charge < -0.3 is 10.6 Å². The topological polar surface area (TPSA) is 119 Å². The molecule has 2 aromatic carbocycles. The second-order valence-corrected chi connectivity index (χ2v) is 6.75. The number of hydrogen-bond acceptors (Lipinski definition) is 5. The Bertz CT molecular complexity index is 1120. The number of nitro benzene ring substituents is 1. The molecule has 0 aliphatic carbocycles. The van der Waals surface area contributed by atoms with Gasteiger partial charge in [-0.25, -0.2) is 4.68 Å². The summed E-state index contributed by atoms with van der Waals surface area (Å²) in [7, 11) is 0. The second kappa shape index (κ2) is 7.19. The van der Waals surface area contributed by atoms with Gasteiger partial charge in [-0.2, -0.15) is 5.10 Å². The molecule has 146 valence electrons. The van der Waals surface area contributed by atoms with E-state index in [4.69, 9.17) is 0 Å². The smallest absolute Gasteiger partial charge is 0.292 e. The summed E-state index contributed by atoms with van der Waals surface area (Å²) >= 11 is 0. The quantitative estimate of drug-likeness (QED) is 0.511. The highest BCUT2D eigenvalue weighted by molar-refractivity contribution is 6.04. The van der Waals surface area contributed by atoms with Crippen LogP contribution in [0.1, 0.15) is 18.0 Å². The second-order valence-electron chi connectivity index (χ2n) is 6.75. The molecular weight excluding hydrogens is 374 g/mol. The maximum Gasteiger partial charge on any atom is 0.292 e. The first-order valence-electron chi connectivity index (χ1n) is 8.92. The van der Waals surface area contributed by atoms with E-state index in [-0.39, 0.29) is 23.7 Å². The Kier molecular flexibility index (Phi) is 4.55. The monoisotopic (exact) mass is 391 g/mol. The molecule has 3 aromatic rings. The molecule has 1 aliphatic heterocycles. The molecule has 0 bridgehead atoms. The van der Waals surface area contributed by atoms with Gasteiger partial charge in [-0.15, -0.1) is 0 Å². The number of anilines is 2. The first-order valence-corrected chi connectivity index (χ1v) is 8.92. The average molecular weight is 391 g/mol. The molecule has 0 radical (unpaired) electrons. The number of para-hydroxylation sites is 2. The van der Waals surface area contributed by atoms with Crippen molar-refractivity contribution < 1.29 is 14.5 Å². The summed E-state index contributed by atoms with van der Waals surface area (Å²) in [6, 6.07) is 12.8. The number of rotatable bonds is 5. The fourth-order valence-electron chi connectivity index (χ4n) is 3.27. The van der Waals surface area contributed by atoms with Crippen molar-refractivity contribution in [3.8, 4) is 11.1 Å². The zero-order valence-electron chi connectivity index (χ0n) is 15.5. The lowest BCUT2D eigenvalue weighted by Gasteiger charge is -2.10. The molecule has 2 heterocycles. The average Bonchev–Trinajstić information content (AvgIpc) is 3.22. The Hall–Kier alpha value is -4.01. The van der Waals surface area contributed by atoms with Gasteiger partial charge in [0, 0.05) is 11.6 Å². The standard InChI is InChI=1S/C20H17N5O4/c1-12-6-8-13(9-7-12)14-11-21-24-17(20(27)23-19(14)24)10-18(26)22-15-4-2-3-5-16(15)25(28)29/h2-9,11,17H,10H2,1H3,(H,22,26)(H,23,27). The minimum absolute atomic E-state index is 0.0851. The van der Waals surface area contributed by atoms with Crippen molar-refractivity contribution in [1.82, 2.24) is 9.78 Å². The van der Waals surface area contributed by atoms with Crippen molar-refractivity contribution in [3.05, 3.63) is 70.4 Å². The number of nitrogens with zero attached hydrogens (tertiary/aromatic N) is 3. The van der Waals surface area contributed by atoms with E-state index >= 15 is 0 Å². The van der Waals surface area contributed by atoms with Gasteiger partial charge in [-0.3, -0.25) is 19.7 Å². The van der Waals surface area contributed by atoms with Gasteiger partial charge in [0.1, 0.15) is 17.5 Å². The molecule has 4 rings (SSSR count). The van der Waals surface area contributed by atoms with Crippen LogP contribution in [0.2, 0.25) is 0 Å². The lowest BCUT2D eigenvalue weighted by Crippen LogP contribution is -2.23. The van der Waals surface area contributed by atoms with Gasteiger partial charge in [0.25, 0.3) is 11.6 Å². The van der Waals surface area contributed by atoms with Gasteiger partial charge >= 0.3 is 0 Å². The van der Waals surface area contributed by atoms with Crippen LogP contribution in [-0.2, 0) is 9.59 Å². The van der Waals surface area contributed by atoms with Crippen LogP contribution >= 0.6 is 0 Å². The summed E-state index contributed by atoms with van der Waals surface area (Å²) in [5, 5.41) is 20.7. The summed E-state index contributed by atoms with van der Waals surface area (Å²) in [6.45, 7) is 1.99. The highest BCUT2D eigenvalue weighted by atomic mass is 16.6. The van der Waals surface area contributed by atoms with Crippen molar-refractivity contribution in [2.24, 2.45) is 0 Å². The summed E-state index contributed by atoms with van der Waals surface area (Å²) in [4.78, 5) is 35.4. The molecule has 1 unspecified atom stereocenters. The van der Waals surface area contributed by atoms with E-state index in [1.807, 2.05) is 31.2 Å². The highest BCUT2D eigenvalue weighted by Gasteiger charge is 2.35. The van der Waals surface area contributed by atoms with Crippen LogP contribution in [0.3, 0.4) is 0 Å². The highest BCUT2D eigenvalue weighted by Crippen LogP contribution is 2.36. The third-order valence-electron chi connectivity index (χ3n) is 4.75. The molecular formula is C20H17N5O4. The number of hydrogen-bond donors (Lipinski definition) is 2. The third kappa shape index (κ3) is 3.45. The van der Waals surface area contributed by atoms with Gasteiger partial charge in [0.15, 0.2) is 0 Å². The summed E-state index contributed by atoms with van der Waals surface area (Å²) in [6.07, 6.45) is 1.45. The van der Waals surface area contributed by atoms with E-state index < -0.39 is 16.9 Å².